The van der Waals surface area contributed by atoms with Gasteiger partial charge in [0.1, 0.15) is 0 Å². The lowest BCUT2D eigenvalue weighted by Gasteiger charge is -2.34. The van der Waals surface area contributed by atoms with E-state index in [1.807, 2.05) is 53.7 Å². The molecule has 0 atom stereocenters. The van der Waals surface area contributed by atoms with Crippen molar-refractivity contribution in [2.45, 2.75) is 19.6 Å². The first-order valence-electron chi connectivity index (χ1n) is 11.9. The fourth-order valence-electron chi connectivity index (χ4n) is 4.44. The zero-order valence-corrected chi connectivity index (χ0v) is 19.6. The van der Waals surface area contributed by atoms with E-state index in [0.29, 0.717) is 25.2 Å². The molecule has 35 heavy (non-hydrogen) atoms. The van der Waals surface area contributed by atoms with Crippen molar-refractivity contribution in [3.05, 3.63) is 101 Å². The van der Waals surface area contributed by atoms with Gasteiger partial charge in [0.2, 0.25) is 0 Å². The summed E-state index contributed by atoms with van der Waals surface area (Å²) >= 11 is 0. The Hall–Kier alpha value is -4.15. The van der Waals surface area contributed by atoms with Crippen molar-refractivity contribution in [2.75, 3.05) is 26.2 Å². The van der Waals surface area contributed by atoms with E-state index < -0.39 is 0 Å². The van der Waals surface area contributed by atoms with Crippen molar-refractivity contribution < 1.29 is 4.79 Å². The van der Waals surface area contributed by atoms with Crippen molar-refractivity contribution in [1.82, 2.24) is 24.7 Å². The predicted octanol–water partition coefficient (Wildman–Crippen LogP) is 3.98. The van der Waals surface area contributed by atoms with Crippen molar-refractivity contribution in [3.63, 3.8) is 0 Å². The van der Waals surface area contributed by atoms with Gasteiger partial charge in [0.15, 0.2) is 0 Å². The first-order valence-corrected chi connectivity index (χ1v) is 11.9. The second-order valence-corrected chi connectivity index (χ2v) is 8.91. The minimum absolute atomic E-state index is 0.0167. The minimum atomic E-state index is -0.0167. The van der Waals surface area contributed by atoms with E-state index in [0.717, 1.165) is 42.8 Å². The van der Waals surface area contributed by atoms with Gasteiger partial charge in [-0.15, -0.1) is 0 Å². The van der Waals surface area contributed by atoms with Gasteiger partial charge in [-0.2, -0.15) is 5.26 Å². The maximum atomic E-state index is 12.7. The fraction of sp³-hybridized carbons (Fsp3) is 0.250. The molecule has 176 valence electrons. The molecule has 1 aliphatic heterocycles. The Morgan fingerprint density at radius 2 is 1.51 bits per heavy atom. The van der Waals surface area contributed by atoms with E-state index >= 15 is 0 Å². The van der Waals surface area contributed by atoms with E-state index in [1.165, 1.54) is 11.1 Å². The molecule has 1 saturated heterocycles. The molecule has 0 aliphatic carbocycles. The highest BCUT2D eigenvalue weighted by Gasteiger charge is 2.21. The van der Waals surface area contributed by atoms with Crippen molar-refractivity contribution in [2.24, 2.45) is 0 Å². The Labute approximate surface area is 205 Å². The Bertz CT molecular complexity index is 1330. The summed E-state index contributed by atoms with van der Waals surface area (Å²) in [5, 5.41) is 12.0. The maximum Gasteiger partial charge on any atom is 0.317 e. The number of amides is 2. The summed E-state index contributed by atoms with van der Waals surface area (Å²) in [7, 11) is 0. The van der Waals surface area contributed by atoms with E-state index in [4.69, 9.17) is 5.26 Å². The van der Waals surface area contributed by atoms with E-state index in [9.17, 15) is 4.79 Å². The SMILES string of the molecule is N#Cc1ccc(CN2CCN(C(=O)NCc3ccc(Cn4cnc5ccccc54)cc3)CC2)cc1. The molecular weight excluding hydrogens is 436 g/mol. The molecule has 2 amide bonds. The molecular formula is C28H28N6O. The van der Waals surface area contributed by atoms with Gasteiger partial charge in [0.05, 0.1) is 29.0 Å². The largest absolute Gasteiger partial charge is 0.334 e. The van der Waals surface area contributed by atoms with Crippen molar-refractivity contribution >= 4 is 17.1 Å². The molecule has 1 fully saturated rings. The van der Waals surface area contributed by atoms with E-state index in [2.05, 4.69) is 56.2 Å². The number of piperazine rings is 1. The second kappa shape index (κ2) is 10.4. The number of nitrogens with zero attached hydrogens (tertiary/aromatic N) is 5. The van der Waals surface area contributed by atoms with Crippen LogP contribution in [0.1, 0.15) is 22.3 Å². The number of fused-ring (bicyclic) bond motifs is 1. The standard InChI is InChI=1S/C28H28N6O/c29-17-22-5-9-24(10-6-22)19-32-13-15-33(16-14-32)28(35)30-18-23-7-11-25(12-8-23)20-34-21-31-26-3-1-2-4-27(26)34/h1-12,21H,13-16,18-20H2,(H,30,35). The molecule has 7 nitrogen and oxygen atoms in total. The number of imidazole rings is 1. The van der Waals surface area contributed by atoms with Crippen LogP contribution in [0.4, 0.5) is 4.79 Å². The number of carbonyl (C=O) groups is 1. The van der Waals surface area contributed by atoms with Crippen LogP contribution in [-0.2, 0) is 19.6 Å². The van der Waals surface area contributed by atoms with Crippen LogP contribution in [0.15, 0.2) is 79.1 Å². The van der Waals surface area contributed by atoms with Gasteiger partial charge in [-0.1, -0.05) is 48.5 Å². The van der Waals surface area contributed by atoms with Crippen LogP contribution in [0.2, 0.25) is 0 Å². The molecule has 0 unspecified atom stereocenters. The second-order valence-electron chi connectivity index (χ2n) is 8.91. The van der Waals surface area contributed by atoms with Crippen LogP contribution in [-0.4, -0.2) is 51.6 Å². The zero-order chi connectivity index (χ0) is 24.0. The predicted molar refractivity (Wildman–Crippen MR) is 136 cm³/mol. The summed E-state index contributed by atoms with van der Waals surface area (Å²) in [6.07, 6.45) is 1.88. The Balaban J connectivity index is 1.07. The summed E-state index contributed by atoms with van der Waals surface area (Å²) in [5.74, 6) is 0. The van der Waals surface area contributed by atoms with Gasteiger partial charge >= 0.3 is 6.03 Å². The summed E-state index contributed by atoms with van der Waals surface area (Å²) in [4.78, 5) is 21.3. The molecule has 3 aromatic carbocycles. The average Bonchev–Trinajstić information content (AvgIpc) is 3.32. The third-order valence-electron chi connectivity index (χ3n) is 6.50. The third-order valence-corrected chi connectivity index (χ3v) is 6.50. The third kappa shape index (κ3) is 5.51. The summed E-state index contributed by atoms with van der Waals surface area (Å²) < 4.78 is 2.15. The fourth-order valence-corrected chi connectivity index (χ4v) is 4.44. The highest BCUT2D eigenvalue weighted by atomic mass is 16.2. The number of hydrogen-bond donors (Lipinski definition) is 1. The average molecular weight is 465 g/mol. The molecule has 5 rings (SSSR count). The number of para-hydroxylation sites is 2. The maximum absolute atomic E-state index is 12.7. The quantitative estimate of drug-likeness (QED) is 0.468. The smallest absolute Gasteiger partial charge is 0.317 e. The number of rotatable bonds is 6. The van der Waals surface area contributed by atoms with Gasteiger partial charge in [-0.05, 0) is 41.0 Å². The molecule has 0 bridgehead atoms. The summed E-state index contributed by atoms with van der Waals surface area (Å²) in [6.45, 7) is 5.21. The topological polar surface area (TPSA) is 77.2 Å². The van der Waals surface area contributed by atoms with Crippen LogP contribution in [0, 0.1) is 11.3 Å². The van der Waals surface area contributed by atoms with Gasteiger partial charge in [0.25, 0.3) is 0 Å². The lowest BCUT2D eigenvalue weighted by Crippen LogP contribution is -2.51. The Kier molecular flexibility index (Phi) is 6.73. The van der Waals surface area contributed by atoms with Crippen molar-refractivity contribution in [3.8, 4) is 6.07 Å². The number of urea groups is 1. The molecule has 2 heterocycles. The van der Waals surface area contributed by atoms with Gasteiger partial charge in [-0.25, -0.2) is 9.78 Å². The normalized spacial score (nSPS) is 14.1. The van der Waals surface area contributed by atoms with Gasteiger partial charge in [0, 0.05) is 45.8 Å². The monoisotopic (exact) mass is 464 g/mol. The van der Waals surface area contributed by atoms with Gasteiger partial charge in [-0.3, -0.25) is 4.90 Å². The van der Waals surface area contributed by atoms with Gasteiger partial charge < -0.3 is 14.8 Å². The van der Waals surface area contributed by atoms with Crippen LogP contribution in [0.5, 0.6) is 0 Å². The number of nitrogens with one attached hydrogen (secondary N) is 1. The number of nitriles is 1. The van der Waals surface area contributed by atoms with Crippen LogP contribution in [0.3, 0.4) is 0 Å². The first kappa shape index (κ1) is 22.6. The molecule has 0 radical (unpaired) electrons. The number of hydrogen-bond acceptors (Lipinski definition) is 4. The lowest BCUT2D eigenvalue weighted by molar-refractivity contribution is 0.135. The molecule has 1 aromatic heterocycles. The van der Waals surface area contributed by atoms with Crippen LogP contribution in [0.25, 0.3) is 11.0 Å². The molecule has 1 aliphatic rings. The number of carbonyl (C=O) groups excluding carboxylic acids is 1. The molecule has 4 aromatic rings. The van der Waals surface area contributed by atoms with E-state index in [-0.39, 0.29) is 6.03 Å². The first-order chi connectivity index (χ1) is 17.2. The molecule has 1 N–H and O–H groups in total. The van der Waals surface area contributed by atoms with Crippen LogP contribution >= 0.6 is 0 Å². The minimum Gasteiger partial charge on any atom is -0.334 e. The van der Waals surface area contributed by atoms with Crippen molar-refractivity contribution in [1.29, 1.82) is 5.26 Å². The lowest BCUT2D eigenvalue weighted by atomic mass is 10.1. The highest BCUT2D eigenvalue weighted by Crippen LogP contribution is 2.15. The molecule has 0 spiro atoms. The summed E-state index contributed by atoms with van der Waals surface area (Å²) in [5.41, 5.74) is 6.27. The molecule has 7 heteroatoms. The highest BCUT2D eigenvalue weighted by molar-refractivity contribution is 5.75. The Morgan fingerprint density at radius 3 is 2.26 bits per heavy atom. The van der Waals surface area contributed by atoms with E-state index in [1.54, 1.807) is 0 Å². The Morgan fingerprint density at radius 1 is 0.857 bits per heavy atom. The number of benzene rings is 3. The summed E-state index contributed by atoms with van der Waals surface area (Å²) in [6, 6.07) is 26.3. The number of aromatic nitrogens is 2. The molecule has 0 saturated carbocycles. The van der Waals surface area contributed by atoms with Crippen LogP contribution < -0.4 is 5.32 Å². The zero-order valence-electron chi connectivity index (χ0n) is 19.6.